The molecule has 2 amide bonds. The lowest BCUT2D eigenvalue weighted by Gasteiger charge is -2.34. The summed E-state index contributed by atoms with van der Waals surface area (Å²) < 4.78 is 10.3. The molecule has 2 aliphatic rings. The Morgan fingerprint density at radius 3 is 2.50 bits per heavy atom. The van der Waals surface area contributed by atoms with Gasteiger partial charge in [-0.25, -0.2) is 14.8 Å². The molecule has 0 saturated carbocycles. The van der Waals surface area contributed by atoms with Crippen LogP contribution in [0.1, 0.15) is 17.4 Å². The predicted molar refractivity (Wildman–Crippen MR) is 102 cm³/mol. The zero-order valence-corrected chi connectivity index (χ0v) is 16.3. The number of carbonyl (C=O) groups is 2. The van der Waals surface area contributed by atoms with Crippen molar-refractivity contribution in [2.45, 2.75) is 6.92 Å². The number of hydrogen-bond donors (Lipinski definition) is 1. The fourth-order valence-corrected chi connectivity index (χ4v) is 3.18. The predicted octanol–water partition coefficient (Wildman–Crippen LogP) is -0.183. The molecule has 0 aromatic carbocycles. The van der Waals surface area contributed by atoms with Gasteiger partial charge in [0.2, 0.25) is 0 Å². The number of piperazine rings is 1. The van der Waals surface area contributed by atoms with Crippen LogP contribution in [0, 0.1) is 0 Å². The van der Waals surface area contributed by atoms with Crippen LogP contribution in [0.2, 0.25) is 0 Å². The van der Waals surface area contributed by atoms with Crippen molar-refractivity contribution in [3.05, 3.63) is 18.1 Å². The van der Waals surface area contributed by atoms with Crippen LogP contribution in [0.15, 0.2) is 12.4 Å². The molecule has 1 aromatic heterocycles. The molecule has 0 spiro atoms. The van der Waals surface area contributed by atoms with Gasteiger partial charge in [0, 0.05) is 52.4 Å². The Morgan fingerprint density at radius 2 is 1.86 bits per heavy atom. The molecule has 10 nitrogen and oxygen atoms in total. The standard InChI is InChI=1S/C18H28N6O4/c1-2-28-18(26)24-7-5-23(6-8-24)16-14-20-15(13-21-16)17(25)19-3-4-22-9-11-27-12-10-22/h13-14H,2-12H2,1H3,(H,19,25). The molecule has 2 aliphatic heterocycles. The number of rotatable bonds is 6. The highest BCUT2D eigenvalue weighted by Crippen LogP contribution is 2.13. The summed E-state index contributed by atoms with van der Waals surface area (Å²) in [5, 5.41) is 2.88. The molecule has 0 unspecified atom stereocenters. The van der Waals surface area contributed by atoms with Crippen molar-refractivity contribution < 1.29 is 19.1 Å². The van der Waals surface area contributed by atoms with Crippen LogP contribution in [-0.2, 0) is 9.47 Å². The third kappa shape index (κ3) is 5.52. The zero-order valence-electron chi connectivity index (χ0n) is 16.3. The Kier molecular flexibility index (Phi) is 7.38. The van der Waals surface area contributed by atoms with Crippen molar-refractivity contribution in [3.63, 3.8) is 0 Å². The first kappa shape index (κ1) is 20.3. The molecular weight excluding hydrogens is 364 g/mol. The van der Waals surface area contributed by atoms with E-state index in [2.05, 4.69) is 20.2 Å². The highest BCUT2D eigenvalue weighted by molar-refractivity contribution is 5.92. The average molecular weight is 392 g/mol. The summed E-state index contributed by atoms with van der Waals surface area (Å²) in [6.45, 7) is 9.27. The summed E-state index contributed by atoms with van der Waals surface area (Å²) >= 11 is 0. The van der Waals surface area contributed by atoms with Gasteiger partial charge >= 0.3 is 6.09 Å². The minimum absolute atomic E-state index is 0.223. The van der Waals surface area contributed by atoms with Gasteiger partial charge in [-0.2, -0.15) is 0 Å². The molecule has 10 heteroatoms. The van der Waals surface area contributed by atoms with E-state index in [4.69, 9.17) is 9.47 Å². The molecule has 0 aliphatic carbocycles. The van der Waals surface area contributed by atoms with Gasteiger partial charge in [0.05, 0.1) is 32.2 Å². The molecule has 28 heavy (non-hydrogen) atoms. The minimum Gasteiger partial charge on any atom is -0.450 e. The highest BCUT2D eigenvalue weighted by atomic mass is 16.6. The molecule has 1 N–H and O–H groups in total. The van der Waals surface area contributed by atoms with E-state index in [-0.39, 0.29) is 12.0 Å². The summed E-state index contributed by atoms with van der Waals surface area (Å²) in [6.07, 6.45) is 2.82. The summed E-state index contributed by atoms with van der Waals surface area (Å²) in [7, 11) is 0. The third-order valence-electron chi connectivity index (χ3n) is 4.82. The fraction of sp³-hybridized carbons (Fsp3) is 0.667. The van der Waals surface area contributed by atoms with E-state index in [1.165, 1.54) is 6.20 Å². The van der Waals surface area contributed by atoms with Gasteiger partial charge in [-0.3, -0.25) is 9.69 Å². The monoisotopic (exact) mass is 392 g/mol. The second-order valence-electron chi connectivity index (χ2n) is 6.64. The van der Waals surface area contributed by atoms with E-state index in [0.29, 0.717) is 50.8 Å². The maximum atomic E-state index is 12.2. The Balaban J connectivity index is 1.43. The van der Waals surface area contributed by atoms with Gasteiger partial charge in [-0.1, -0.05) is 0 Å². The number of carbonyl (C=O) groups excluding carboxylic acids is 2. The van der Waals surface area contributed by atoms with Crippen LogP contribution in [0.25, 0.3) is 0 Å². The van der Waals surface area contributed by atoms with Crippen LogP contribution >= 0.6 is 0 Å². The molecule has 154 valence electrons. The quantitative estimate of drug-likeness (QED) is 0.712. The summed E-state index contributed by atoms with van der Waals surface area (Å²) in [6, 6.07) is 0. The van der Waals surface area contributed by atoms with E-state index >= 15 is 0 Å². The smallest absolute Gasteiger partial charge is 0.409 e. The van der Waals surface area contributed by atoms with Crippen LogP contribution in [0.3, 0.4) is 0 Å². The van der Waals surface area contributed by atoms with Gasteiger partial charge < -0.3 is 24.6 Å². The Bertz CT molecular complexity index is 642. The van der Waals surface area contributed by atoms with Crippen LogP contribution < -0.4 is 10.2 Å². The Morgan fingerprint density at radius 1 is 1.11 bits per heavy atom. The van der Waals surface area contributed by atoms with Gasteiger partial charge in [-0.15, -0.1) is 0 Å². The molecule has 1 aromatic rings. The summed E-state index contributed by atoms with van der Waals surface area (Å²) in [4.78, 5) is 38.6. The number of ether oxygens (including phenoxy) is 2. The lowest BCUT2D eigenvalue weighted by atomic mass is 10.3. The van der Waals surface area contributed by atoms with Crippen molar-refractivity contribution in [2.24, 2.45) is 0 Å². The van der Waals surface area contributed by atoms with Gasteiger partial charge in [-0.05, 0) is 6.92 Å². The van der Waals surface area contributed by atoms with Gasteiger partial charge in [0.25, 0.3) is 5.91 Å². The van der Waals surface area contributed by atoms with E-state index < -0.39 is 0 Å². The minimum atomic E-state index is -0.280. The zero-order chi connectivity index (χ0) is 19.8. The highest BCUT2D eigenvalue weighted by Gasteiger charge is 2.23. The first-order valence-electron chi connectivity index (χ1n) is 9.74. The van der Waals surface area contributed by atoms with E-state index in [1.54, 1.807) is 18.0 Å². The maximum absolute atomic E-state index is 12.2. The number of nitrogens with one attached hydrogen (secondary N) is 1. The number of aromatic nitrogens is 2. The molecule has 3 heterocycles. The van der Waals surface area contributed by atoms with Gasteiger partial charge in [0.1, 0.15) is 11.5 Å². The number of nitrogens with zero attached hydrogens (tertiary/aromatic N) is 5. The second-order valence-corrected chi connectivity index (χ2v) is 6.64. The van der Waals surface area contributed by atoms with Crippen molar-refractivity contribution in [2.75, 3.05) is 77.1 Å². The molecule has 3 rings (SSSR count). The molecule has 0 atom stereocenters. The Labute approximate surface area is 164 Å². The molecule has 0 bridgehead atoms. The molecule has 0 radical (unpaired) electrons. The van der Waals surface area contributed by atoms with Gasteiger partial charge in [0.15, 0.2) is 0 Å². The molecular formula is C18H28N6O4. The first-order valence-corrected chi connectivity index (χ1v) is 9.74. The number of hydrogen-bond acceptors (Lipinski definition) is 8. The third-order valence-corrected chi connectivity index (χ3v) is 4.82. The van der Waals surface area contributed by atoms with Crippen molar-refractivity contribution in [3.8, 4) is 0 Å². The number of anilines is 1. The van der Waals surface area contributed by atoms with Crippen LogP contribution in [-0.4, -0.2) is 104 Å². The lowest BCUT2D eigenvalue weighted by molar-refractivity contribution is 0.0383. The summed E-state index contributed by atoms with van der Waals surface area (Å²) in [5.74, 6) is 0.479. The SMILES string of the molecule is CCOC(=O)N1CCN(c2cnc(C(=O)NCCN3CCOCC3)cn2)CC1. The number of amides is 2. The number of morpholine rings is 1. The summed E-state index contributed by atoms with van der Waals surface area (Å²) in [5.41, 5.74) is 0.302. The lowest BCUT2D eigenvalue weighted by Crippen LogP contribution is -2.49. The molecule has 2 saturated heterocycles. The Hall–Kier alpha value is -2.46. The van der Waals surface area contributed by atoms with E-state index in [1.807, 2.05) is 4.90 Å². The largest absolute Gasteiger partial charge is 0.450 e. The van der Waals surface area contributed by atoms with Crippen LogP contribution in [0.5, 0.6) is 0 Å². The molecule has 2 fully saturated rings. The maximum Gasteiger partial charge on any atom is 0.409 e. The second kappa shape index (κ2) is 10.2. The first-order chi connectivity index (χ1) is 13.7. The van der Waals surface area contributed by atoms with E-state index in [9.17, 15) is 9.59 Å². The fourth-order valence-electron chi connectivity index (χ4n) is 3.18. The van der Waals surface area contributed by atoms with Crippen LogP contribution in [0.4, 0.5) is 10.6 Å². The topological polar surface area (TPSA) is 100 Å². The van der Waals surface area contributed by atoms with Crippen molar-refractivity contribution in [1.82, 2.24) is 25.1 Å². The normalized spacial score (nSPS) is 18.0. The van der Waals surface area contributed by atoms with Crippen molar-refractivity contribution >= 4 is 17.8 Å². The average Bonchev–Trinajstić information content (AvgIpc) is 2.75. The van der Waals surface area contributed by atoms with Crippen molar-refractivity contribution in [1.29, 1.82) is 0 Å². The van der Waals surface area contributed by atoms with E-state index in [0.717, 1.165) is 32.8 Å².